The summed E-state index contributed by atoms with van der Waals surface area (Å²) >= 11 is 0. The van der Waals surface area contributed by atoms with Crippen molar-refractivity contribution in [3.8, 4) is 0 Å². The Kier molecular flexibility index (Phi) is 3.10. The van der Waals surface area contributed by atoms with Crippen LogP contribution in [0, 0.1) is 0 Å². The van der Waals surface area contributed by atoms with E-state index in [0.717, 1.165) is 25.5 Å². The first kappa shape index (κ1) is 9.61. The summed E-state index contributed by atoms with van der Waals surface area (Å²) in [6.07, 6.45) is 4.36. The van der Waals surface area contributed by atoms with Crippen LogP contribution in [-0.2, 0) is 11.3 Å². The van der Waals surface area contributed by atoms with Crippen molar-refractivity contribution in [1.29, 1.82) is 0 Å². The van der Waals surface area contributed by atoms with Gasteiger partial charge in [0.25, 0.3) is 0 Å². The number of hydrogen-bond donors (Lipinski definition) is 1. The molecule has 5 heteroatoms. The van der Waals surface area contributed by atoms with Crippen molar-refractivity contribution in [2.75, 3.05) is 20.3 Å². The van der Waals surface area contributed by atoms with Crippen molar-refractivity contribution < 1.29 is 4.74 Å². The maximum Gasteiger partial charge on any atom is 0.147 e. The molecule has 0 spiro atoms. The van der Waals surface area contributed by atoms with E-state index < -0.39 is 0 Å². The average molecular weight is 196 g/mol. The first-order valence-electron chi connectivity index (χ1n) is 5.00. The standard InChI is InChI=1S/C9H16N4O/c1-14-5-4-10-6-9-12-11-7-13(9)8-2-3-8/h7-8,10H,2-6H2,1H3. The second-order valence-electron chi connectivity index (χ2n) is 3.56. The lowest BCUT2D eigenvalue weighted by molar-refractivity contribution is 0.199. The second kappa shape index (κ2) is 4.52. The Hall–Kier alpha value is -0.940. The molecule has 1 N–H and O–H groups in total. The van der Waals surface area contributed by atoms with E-state index in [-0.39, 0.29) is 0 Å². The van der Waals surface area contributed by atoms with Gasteiger partial charge in [-0.15, -0.1) is 10.2 Å². The summed E-state index contributed by atoms with van der Waals surface area (Å²) < 4.78 is 7.11. The van der Waals surface area contributed by atoms with Gasteiger partial charge < -0.3 is 14.6 Å². The fourth-order valence-corrected chi connectivity index (χ4v) is 1.43. The zero-order valence-corrected chi connectivity index (χ0v) is 8.44. The third kappa shape index (κ3) is 2.30. The van der Waals surface area contributed by atoms with Crippen molar-refractivity contribution >= 4 is 0 Å². The Morgan fingerprint density at radius 3 is 3.21 bits per heavy atom. The van der Waals surface area contributed by atoms with Crippen molar-refractivity contribution in [1.82, 2.24) is 20.1 Å². The molecule has 0 saturated heterocycles. The second-order valence-corrected chi connectivity index (χ2v) is 3.56. The molecule has 1 aliphatic rings. The smallest absolute Gasteiger partial charge is 0.147 e. The van der Waals surface area contributed by atoms with Crippen molar-refractivity contribution in [3.63, 3.8) is 0 Å². The monoisotopic (exact) mass is 196 g/mol. The molecule has 1 aliphatic carbocycles. The Balaban J connectivity index is 1.80. The van der Waals surface area contributed by atoms with E-state index in [1.165, 1.54) is 12.8 Å². The van der Waals surface area contributed by atoms with Crippen LogP contribution in [0.1, 0.15) is 24.7 Å². The summed E-state index contributed by atoms with van der Waals surface area (Å²) in [5.74, 6) is 1.03. The molecule has 0 unspecified atom stereocenters. The van der Waals surface area contributed by atoms with E-state index >= 15 is 0 Å². The third-order valence-electron chi connectivity index (χ3n) is 2.35. The molecule has 0 radical (unpaired) electrons. The Morgan fingerprint density at radius 2 is 2.50 bits per heavy atom. The van der Waals surface area contributed by atoms with E-state index in [1.807, 2.05) is 6.33 Å². The van der Waals surface area contributed by atoms with Gasteiger partial charge in [0.15, 0.2) is 0 Å². The van der Waals surface area contributed by atoms with Crippen LogP contribution < -0.4 is 5.32 Å². The minimum atomic E-state index is 0.657. The first-order valence-corrected chi connectivity index (χ1v) is 5.00. The van der Waals surface area contributed by atoms with Gasteiger partial charge in [-0.2, -0.15) is 0 Å². The predicted octanol–water partition coefficient (Wildman–Crippen LogP) is 0.349. The molecule has 2 rings (SSSR count). The van der Waals surface area contributed by atoms with Crippen molar-refractivity contribution in [2.45, 2.75) is 25.4 Å². The lowest BCUT2D eigenvalue weighted by Gasteiger charge is -2.05. The number of nitrogens with one attached hydrogen (secondary N) is 1. The molecule has 1 aromatic heterocycles. The van der Waals surface area contributed by atoms with Gasteiger partial charge in [-0.1, -0.05) is 0 Å². The highest BCUT2D eigenvalue weighted by Crippen LogP contribution is 2.35. The van der Waals surface area contributed by atoms with E-state index in [4.69, 9.17) is 4.74 Å². The van der Waals surface area contributed by atoms with Crippen LogP contribution in [0.15, 0.2) is 6.33 Å². The van der Waals surface area contributed by atoms with Crippen LogP contribution in [0.25, 0.3) is 0 Å². The number of ether oxygens (including phenoxy) is 1. The van der Waals surface area contributed by atoms with Gasteiger partial charge in [-0.3, -0.25) is 0 Å². The van der Waals surface area contributed by atoms with Gasteiger partial charge in [0.2, 0.25) is 0 Å². The average Bonchev–Trinajstić information content (AvgIpc) is 2.94. The fourth-order valence-electron chi connectivity index (χ4n) is 1.43. The first-order chi connectivity index (χ1) is 6.92. The molecule has 0 bridgehead atoms. The van der Waals surface area contributed by atoms with Crippen molar-refractivity contribution in [2.24, 2.45) is 0 Å². The quantitative estimate of drug-likeness (QED) is 0.667. The van der Waals surface area contributed by atoms with Crippen LogP contribution in [0.5, 0.6) is 0 Å². The maximum absolute atomic E-state index is 4.95. The van der Waals surface area contributed by atoms with Gasteiger partial charge in [-0.05, 0) is 12.8 Å². The molecule has 0 aromatic carbocycles. The summed E-state index contributed by atoms with van der Waals surface area (Å²) in [5.41, 5.74) is 0. The van der Waals surface area contributed by atoms with Gasteiger partial charge >= 0.3 is 0 Å². The largest absolute Gasteiger partial charge is 0.383 e. The van der Waals surface area contributed by atoms with Crippen LogP contribution >= 0.6 is 0 Å². The van der Waals surface area contributed by atoms with Crippen molar-refractivity contribution in [3.05, 3.63) is 12.2 Å². The van der Waals surface area contributed by atoms with Gasteiger partial charge in [-0.25, -0.2) is 0 Å². The van der Waals surface area contributed by atoms with E-state index in [1.54, 1.807) is 7.11 Å². The maximum atomic E-state index is 4.95. The lowest BCUT2D eigenvalue weighted by Crippen LogP contribution is -2.20. The zero-order chi connectivity index (χ0) is 9.80. The highest BCUT2D eigenvalue weighted by Gasteiger charge is 2.25. The van der Waals surface area contributed by atoms with Gasteiger partial charge in [0, 0.05) is 19.7 Å². The molecule has 14 heavy (non-hydrogen) atoms. The number of aromatic nitrogens is 3. The normalized spacial score (nSPS) is 16.1. The molecule has 1 heterocycles. The molecule has 0 aliphatic heterocycles. The number of methoxy groups -OCH3 is 1. The van der Waals surface area contributed by atoms with E-state index in [0.29, 0.717) is 6.04 Å². The fraction of sp³-hybridized carbons (Fsp3) is 0.778. The topological polar surface area (TPSA) is 52.0 Å². The summed E-state index contributed by atoms with van der Waals surface area (Å²) in [5, 5.41) is 11.3. The molecule has 1 saturated carbocycles. The summed E-state index contributed by atoms with van der Waals surface area (Å²) in [4.78, 5) is 0. The Morgan fingerprint density at radius 1 is 1.64 bits per heavy atom. The molecule has 1 fully saturated rings. The third-order valence-corrected chi connectivity index (χ3v) is 2.35. The molecule has 78 valence electrons. The predicted molar refractivity (Wildman–Crippen MR) is 51.9 cm³/mol. The molecule has 0 amide bonds. The molecular formula is C9H16N4O. The molecule has 0 atom stereocenters. The highest BCUT2D eigenvalue weighted by molar-refractivity contribution is 4.94. The van der Waals surface area contributed by atoms with Crippen LogP contribution in [0.3, 0.4) is 0 Å². The van der Waals surface area contributed by atoms with Crippen LogP contribution in [-0.4, -0.2) is 35.0 Å². The number of nitrogens with zero attached hydrogens (tertiary/aromatic N) is 3. The summed E-state index contributed by atoms with van der Waals surface area (Å²) in [7, 11) is 1.70. The van der Waals surface area contributed by atoms with Gasteiger partial charge in [0.05, 0.1) is 13.2 Å². The lowest BCUT2D eigenvalue weighted by atomic mass is 10.5. The van der Waals surface area contributed by atoms with E-state index in [2.05, 4.69) is 20.1 Å². The molecule has 5 nitrogen and oxygen atoms in total. The summed E-state index contributed by atoms with van der Waals surface area (Å²) in [6, 6.07) is 0.657. The minimum Gasteiger partial charge on any atom is -0.383 e. The Bertz CT molecular complexity index is 282. The van der Waals surface area contributed by atoms with Crippen LogP contribution in [0.2, 0.25) is 0 Å². The Labute approximate surface area is 83.5 Å². The van der Waals surface area contributed by atoms with Crippen LogP contribution in [0.4, 0.5) is 0 Å². The summed E-state index contributed by atoms with van der Waals surface area (Å²) in [6.45, 7) is 2.37. The number of hydrogen-bond acceptors (Lipinski definition) is 4. The van der Waals surface area contributed by atoms with E-state index in [9.17, 15) is 0 Å². The highest BCUT2D eigenvalue weighted by atomic mass is 16.5. The zero-order valence-electron chi connectivity index (χ0n) is 8.44. The van der Waals surface area contributed by atoms with Gasteiger partial charge in [0.1, 0.15) is 12.2 Å². The number of rotatable bonds is 6. The molecule has 1 aromatic rings. The minimum absolute atomic E-state index is 0.657. The molecular weight excluding hydrogens is 180 g/mol. The SMILES string of the molecule is COCCNCc1nncn1C1CC1.